The molecule has 0 aliphatic heterocycles. The van der Waals surface area contributed by atoms with Crippen molar-refractivity contribution in [3.63, 3.8) is 0 Å². The summed E-state index contributed by atoms with van der Waals surface area (Å²) in [7, 11) is 0. The lowest BCUT2D eigenvalue weighted by atomic mass is 9.94. The molecular formula is C13H15NO5. The molecule has 0 saturated carbocycles. The van der Waals surface area contributed by atoms with E-state index in [1.165, 1.54) is 6.07 Å². The number of carboxylic acid groups (broad SMARTS) is 2. The van der Waals surface area contributed by atoms with Gasteiger partial charge in [-0.05, 0) is 30.5 Å². The molecule has 4 N–H and O–H groups in total. The summed E-state index contributed by atoms with van der Waals surface area (Å²) in [4.78, 5) is 33.5. The van der Waals surface area contributed by atoms with Crippen molar-refractivity contribution in [1.29, 1.82) is 0 Å². The van der Waals surface area contributed by atoms with Crippen LogP contribution in [-0.4, -0.2) is 28.1 Å². The van der Waals surface area contributed by atoms with Crippen LogP contribution in [0.4, 0.5) is 0 Å². The number of primary amides is 1. The molecule has 102 valence electrons. The first-order valence-electron chi connectivity index (χ1n) is 5.81. The van der Waals surface area contributed by atoms with Crippen molar-refractivity contribution in [2.75, 3.05) is 0 Å². The SMILES string of the molecule is CCCCc1cc(C(=O)O)cc(C(N)=O)c1C(=O)O. The normalized spacial score (nSPS) is 10.2. The van der Waals surface area contributed by atoms with Gasteiger partial charge in [-0.2, -0.15) is 0 Å². The van der Waals surface area contributed by atoms with Gasteiger partial charge >= 0.3 is 11.9 Å². The number of aryl methyl sites for hydroxylation is 1. The average Bonchev–Trinajstić information content (AvgIpc) is 2.34. The molecule has 0 bridgehead atoms. The third-order valence-electron chi connectivity index (χ3n) is 2.75. The molecule has 0 spiro atoms. The van der Waals surface area contributed by atoms with E-state index in [9.17, 15) is 14.4 Å². The van der Waals surface area contributed by atoms with Crippen molar-refractivity contribution >= 4 is 17.8 Å². The van der Waals surface area contributed by atoms with E-state index in [2.05, 4.69) is 0 Å². The molecule has 1 rings (SSSR count). The molecule has 19 heavy (non-hydrogen) atoms. The Morgan fingerprint density at radius 3 is 2.21 bits per heavy atom. The first-order chi connectivity index (χ1) is 8.88. The topological polar surface area (TPSA) is 118 Å². The maximum atomic E-state index is 11.3. The zero-order valence-corrected chi connectivity index (χ0v) is 10.5. The Kier molecular flexibility index (Phi) is 4.63. The average molecular weight is 265 g/mol. The van der Waals surface area contributed by atoms with Gasteiger partial charge in [0, 0.05) is 0 Å². The molecule has 0 atom stereocenters. The van der Waals surface area contributed by atoms with Crippen molar-refractivity contribution in [2.24, 2.45) is 5.73 Å². The van der Waals surface area contributed by atoms with Crippen molar-refractivity contribution in [1.82, 2.24) is 0 Å². The van der Waals surface area contributed by atoms with Crippen LogP contribution < -0.4 is 5.73 Å². The van der Waals surface area contributed by atoms with Gasteiger partial charge in [0.05, 0.1) is 16.7 Å². The Balaban J connectivity index is 3.50. The first-order valence-corrected chi connectivity index (χ1v) is 5.81. The number of rotatable bonds is 6. The van der Waals surface area contributed by atoms with Crippen LogP contribution in [0.3, 0.4) is 0 Å². The van der Waals surface area contributed by atoms with Crippen LogP contribution in [0, 0.1) is 0 Å². The van der Waals surface area contributed by atoms with E-state index in [0.717, 1.165) is 12.5 Å². The Labute approximate surface area is 109 Å². The molecule has 0 aliphatic carbocycles. The van der Waals surface area contributed by atoms with Crippen molar-refractivity contribution in [3.8, 4) is 0 Å². The monoisotopic (exact) mass is 265 g/mol. The van der Waals surface area contributed by atoms with Gasteiger partial charge in [0.1, 0.15) is 0 Å². The van der Waals surface area contributed by atoms with Crippen LogP contribution in [-0.2, 0) is 6.42 Å². The highest BCUT2D eigenvalue weighted by Crippen LogP contribution is 2.20. The maximum Gasteiger partial charge on any atom is 0.336 e. The summed E-state index contributed by atoms with van der Waals surface area (Å²) in [6, 6.07) is 2.29. The molecule has 1 amide bonds. The fraction of sp³-hybridized carbons (Fsp3) is 0.308. The quantitative estimate of drug-likeness (QED) is 0.720. The number of amides is 1. The van der Waals surface area contributed by atoms with Gasteiger partial charge in [-0.15, -0.1) is 0 Å². The molecule has 1 aromatic carbocycles. The summed E-state index contributed by atoms with van der Waals surface area (Å²) in [6.07, 6.45) is 1.91. The Bertz CT molecular complexity index is 536. The summed E-state index contributed by atoms with van der Waals surface area (Å²) < 4.78 is 0. The fourth-order valence-corrected chi connectivity index (χ4v) is 1.84. The summed E-state index contributed by atoms with van der Waals surface area (Å²) in [6.45, 7) is 1.93. The van der Waals surface area contributed by atoms with Crippen LogP contribution in [0.1, 0.15) is 56.4 Å². The summed E-state index contributed by atoms with van der Waals surface area (Å²) in [5.41, 5.74) is 4.84. The minimum atomic E-state index is -1.28. The van der Waals surface area contributed by atoms with Crippen LogP contribution in [0.5, 0.6) is 0 Å². The zero-order chi connectivity index (χ0) is 14.6. The number of benzene rings is 1. The highest BCUT2D eigenvalue weighted by molar-refractivity contribution is 6.06. The van der Waals surface area contributed by atoms with Crippen molar-refractivity contribution < 1.29 is 24.6 Å². The van der Waals surface area contributed by atoms with Crippen LogP contribution in [0.2, 0.25) is 0 Å². The van der Waals surface area contributed by atoms with Gasteiger partial charge in [-0.1, -0.05) is 13.3 Å². The van der Waals surface area contributed by atoms with E-state index >= 15 is 0 Å². The number of carbonyl (C=O) groups excluding carboxylic acids is 1. The minimum Gasteiger partial charge on any atom is -0.478 e. The molecule has 0 aliphatic rings. The lowest BCUT2D eigenvalue weighted by Gasteiger charge is -2.11. The second kappa shape index (κ2) is 5.99. The molecule has 0 radical (unpaired) electrons. The lowest BCUT2D eigenvalue weighted by molar-refractivity contribution is 0.0677. The highest BCUT2D eigenvalue weighted by atomic mass is 16.4. The van der Waals surface area contributed by atoms with E-state index < -0.39 is 17.8 Å². The van der Waals surface area contributed by atoms with E-state index in [0.29, 0.717) is 18.4 Å². The largest absolute Gasteiger partial charge is 0.478 e. The Morgan fingerprint density at radius 1 is 1.16 bits per heavy atom. The minimum absolute atomic E-state index is 0.134. The predicted molar refractivity (Wildman–Crippen MR) is 67.5 cm³/mol. The number of hydrogen-bond donors (Lipinski definition) is 3. The summed E-state index contributed by atoms with van der Waals surface area (Å²) in [5.74, 6) is -3.45. The second-order valence-corrected chi connectivity index (χ2v) is 4.14. The van der Waals surface area contributed by atoms with Crippen molar-refractivity contribution in [3.05, 3.63) is 34.4 Å². The molecule has 0 unspecified atom stereocenters. The van der Waals surface area contributed by atoms with Gasteiger partial charge in [0.15, 0.2) is 0 Å². The highest BCUT2D eigenvalue weighted by Gasteiger charge is 2.21. The van der Waals surface area contributed by atoms with Gasteiger partial charge in [-0.25, -0.2) is 9.59 Å². The van der Waals surface area contributed by atoms with Gasteiger partial charge in [-0.3, -0.25) is 4.79 Å². The molecule has 0 heterocycles. The summed E-state index contributed by atoms with van der Waals surface area (Å²) in [5, 5.41) is 18.1. The molecule has 0 saturated heterocycles. The van der Waals surface area contributed by atoms with E-state index in [-0.39, 0.29) is 16.7 Å². The smallest absolute Gasteiger partial charge is 0.336 e. The Morgan fingerprint density at radius 2 is 1.79 bits per heavy atom. The summed E-state index contributed by atoms with van der Waals surface area (Å²) >= 11 is 0. The molecule has 6 heteroatoms. The number of hydrogen-bond acceptors (Lipinski definition) is 3. The number of unbranched alkanes of at least 4 members (excludes halogenated alkanes) is 1. The standard InChI is InChI=1S/C13H15NO5/c1-2-3-4-7-5-8(12(16)17)6-9(11(14)15)10(7)13(18)19/h5-6H,2-4H2,1H3,(H2,14,15)(H,16,17)(H,18,19). The molecule has 1 aromatic rings. The molecule has 6 nitrogen and oxygen atoms in total. The lowest BCUT2D eigenvalue weighted by Crippen LogP contribution is -2.19. The molecule has 0 aromatic heterocycles. The predicted octanol–water partition coefficient (Wildman–Crippen LogP) is 1.52. The number of aromatic carboxylic acids is 2. The van der Waals surface area contributed by atoms with Gasteiger partial charge < -0.3 is 15.9 Å². The first kappa shape index (κ1) is 14.7. The van der Waals surface area contributed by atoms with Crippen LogP contribution in [0.25, 0.3) is 0 Å². The van der Waals surface area contributed by atoms with E-state index in [1.54, 1.807) is 0 Å². The number of carboxylic acids is 2. The van der Waals surface area contributed by atoms with Gasteiger partial charge in [0.2, 0.25) is 5.91 Å². The number of nitrogens with two attached hydrogens (primary N) is 1. The third-order valence-corrected chi connectivity index (χ3v) is 2.75. The van der Waals surface area contributed by atoms with Gasteiger partial charge in [0.25, 0.3) is 0 Å². The molecule has 0 fully saturated rings. The fourth-order valence-electron chi connectivity index (χ4n) is 1.84. The molecular weight excluding hydrogens is 250 g/mol. The number of carbonyl (C=O) groups is 3. The van der Waals surface area contributed by atoms with E-state index in [4.69, 9.17) is 15.9 Å². The third kappa shape index (κ3) is 3.31. The maximum absolute atomic E-state index is 11.3. The second-order valence-electron chi connectivity index (χ2n) is 4.14. The van der Waals surface area contributed by atoms with E-state index in [1.807, 2.05) is 6.92 Å². The van der Waals surface area contributed by atoms with Crippen LogP contribution in [0.15, 0.2) is 12.1 Å². The van der Waals surface area contributed by atoms with Crippen molar-refractivity contribution in [2.45, 2.75) is 26.2 Å². The Hall–Kier alpha value is -2.37. The zero-order valence-electron chi connectivity index (χ0n) is 10.5. The van der Waals surface area contributed by atoms with Crippen LogP contribution >= 0.6 is 0 Å².